The zero-order chi connectivity index (χ0) is 23.6. The van der Waals surface area contributed by atoms with Crippen molar-refractivity contribution in [3.05, 3.63) is 36.2 Å². The van der Waals surface area contributed by atoms with Gasteiger partial charge in [0.2, 0.25) is 5.95 Å². The number of rotatable bonds is 6. The predicted molar refractivity (Wildman–Crippen MR) is 130 cm³/mol. The molecule has 33 heavy (non-hydrogen) atoms. The Labute approximate surface area is 199 Å². The third kappa shape index (κ3) is 5.45. The number of methoxy groups -OCH3 is 2. The van der Waals surface area contributed by atoms with Gasteiger partial charge in [0.25, 0.3) is 0 Å². The Morgan fingerprint density at radius 1 is 1.03 bits per heavy atom. The fraction of sp³-hybridized carbons (Fsp3) is 0.522. The normalized spacial score (nSPS) is 24.2. The predicted octanol–water partition coefficient (Wildman–Crippen LogP) is 2.72. The van der Waals surface area contributed by atoms with E-state index in [0.29, 0.717) is 35.8 Å². The molecule has 3 heterocycles. The Bertz CT molecular complexity index is 977. The topological polar surface area (TPSA) is 98.8 Å². The Kier molecular flexibility index (Phi) is 6.87. The SMILES string of the molecule is COc1cc(NC(=S)N[C@H]2CO[C@H]3[C@@H]2OC[C@@H]3Nc2nccc(C(C)(C)C)n2)cc(OC)c1. The summed E-state index contributed by atoms with van der Waals surface area (Å²) < 4.78 is 22.8. The molecule has 3 N–H and O–H groups in total. The summed E-state index contributed by atoms with van der Waals surface area (Å²) in [4.78, 5) is 9.04. The van der Waals surface area contributed by atoms with Crippen LogP contribution in [-0.4, -0.2) is 66.8 Å². The molecule has 0 aliphatic carbocycles. The van der Waals surface area contributed by atoms with Gasteiger partial charge in [-0.2, -0.15) is 0 Å². The van der Waals surface area contributed by atoms with Crippen molar-refractivity contribution in [2.75, 3.05) is 38.1 Å². The van der Waals surface area contributed by atoms with Gasteiger partial charge in [0.1, 0.15) is 23.7 Å². The second kappa shape index (κ2) is 9.66. The number of fused-ring (bicyclic) bond motifs is 1. The van der Waals surface area contributed by atoms with Gasteiger partial charge in [-0.25, -0.2) is 9.97 Å². The maximum absolute atomic E-state index is 6.06. The molecular formula is C23H31N5O4S. The molecule has 4 rings (SSSR count). The van der Waals surface area contributed by atoms with Gasteiger partial charge < -0.3 is 34.9 Å². The average molecular weight is 474 g/mol. The van der Waals surface area contributed by atoms with E-state index in [1.54, 1.807) is 26.5 Å². The molecule has 2 aromatic rings. The van der Waals surface area contributed by atoms with E-state index in [4.69, 9.17) is 31.2 Å². The lowest BCUT2D eigenvalue weighted by Crippen LogP contribution is -2.46. The molecule has 178 valence electrons. The first-order valence-corrected chi connectivity index (χ1v) is 11.3. The number of benzene rings is 1. The summed E-state index contributed by atoms with van der Waals surface area (Å²) in [7, 11) is 3.22. The first kappa shape index (κ1) is 23.5. The van der Waals surface area contributed by atoms with Crippen LogP contribution >= 0.6 is 12.2 Å². The van der Waals surface area contributed by atoms with Crippen molar-refractivity contribution in [3.63, 3.8) is 0 Å². The summed E-state index contributed by atoms with van der Waals surface area (Å²) in [6, 6.07) is 7.33. The lowest BCUT2D eigenvalue weighted by Gasteiger charge is -2.21. The van der Waals surface area contributed by atoms with Gasteiger partial charge in [-0.15, -0.1) is 0 Å². The van der Waals surface area contributed by atoms with E-state index in [9.17, 15) is 0 Å². The Morgan fingerprint density at radius 2 is 1.67 bits per heavy atom. The molecule has 0 radical (unpaired) electrons. The number of ether oxygens (including phenoxy) is 4. The molecule has 0 bridgehead atoms. The van der Waals surface area contributed by atoms with E-state index in [0.717, 1.165) is 11.4 Å². The Morgan fingerprint density at radius 3 is 2.30 bits per heavy atom. The maximum atomic E-state index is 6.06. The van der Waals surface area contributed by atoms with E-state index in [-0.39, 0.29) is 29.7 Å². The number of hydrogen-bond donors (Lipinski definition) is 3. The van der Waals surface area contributed by atoms with Crippen LogP contribution in [0.2, 0.25) is 0 Å². The highest BCUT2D eigenvalue weighted by atomic mass is 32.1. The van der Waals surface area contributed by atoms with E-state index in [1.807, 2.05) is 18.2 Å². The zero-order valence-electron chi connectivity index (χ0n) is 19.5. The molecule has 10 heteroatoms. The molecule has 1 aromatic heterocycles. The standard InChI is InChI=1S/C23H31N5O4S/c1-23(2,3)18-6-7-24-21(28-18)26-16-11-31-20-17(12-32-19(16)20)27-22(33)25-13-8-14(29-4)10-15(9-13)30-5/h6-10,16-17,19-20H,11-12H2,1-5H3,(H,24,26,28)(H2,25,27,33)/t16-,17-,19+,20+/m0/s1. The molecule has 2 aliphatic rings. The highest BCUT2D eigenvalue weighted by Crippen LogP contribution is 2.30. The summed E-state index contributed by atoms with van der Waals surface area (Å²) in [5, 5.41) is 10.4. The molecular weight excluding hydrogens is 442 g/mol. The quantitative estimate of drug-likeness (QED) is 0.543. The van der Waals surface area contributed by atoms with Gasteiger partial charge in [-0.3, -0.25) is 0 Å². The van der Waals surface area contributed by atoms with Crippen LogP contribution < -0.4 is 25.4 Å². The molecule has 2 saturated heterocycles. The van der Waals surface area contributed by atoms with Crippen molar-refractivity contribution in [3.8, 4) is 11.5 Å². The first-order chi connectivity index (χ1) is 15.8. The van der Waals surface area contributed by atoms with Crippen LogP contribution in [0.25, 0.3) is 0 Å². The Balaban J connectivity index is 1.35. The summed E-state index contributed by atoms with van der Waals surface area (Å²) in [6.07, 6.45) is 1.53. The maximum Gasteiger partial charge on any atom is 0.223 e. The lowest BCUT2D eigenvalue weighted by molar-refractivity contribution is 0.0689. The number of thiocarbonyl (C=S) groups is 1. The fourth-order valence-corrected chi connectivity index (χ4v) is 4.24. The summed E-state index contributed by atoms with van der Waals surface area (Å²) in [5.74, 6) is 1.94. The van der Waals surface area contributed by atoms with Gasteiger partial charge >= 0.3 is 0 Å². The van der Waals surface area contributed by atoms with Crippen LogP contribution in [0.4, 0.5) is 11.6 Å². The molecule has 2 fully saturated rings. The molecule has 4 atom stereocenters. The average Bonchev–Trinajstić information content (AvgIpc) is 3.36. The Hall–Kier alpha value is -2.69. The van der Waals surface area contributed by atoms with Crippen LogP contribution in [0, 0.1) is 0 Å². The van der Waals surface area contributed by atoms with Crippen molar-refractivity contribution in [2.24, 2.45) is 0 Å². The largest absolute Gasteiger partial charge is 0.497 e. The molecule has 9 nitrogen and oxygen atoms in total. The van der Waals surface area contributed by atoms with Crippen molar-refractivity contribution >= 4 is 29.0 Å². The molecule has 0 amide bonds. The van der Waals surface area contributed by atoms with E-state index < -0.39 is 0 Å². The molecule has 0 spiro atoms. The van der Waals surface area contributed by atoms with Crippen molar-refractivity contribution in [1.29, 1.82) is 0 Å². The lowest BCUT2D eigenvalue weighted by atomic mass is 9.92. The van der Waals surface area contributed by atoms with Crippen LogP contribution in [0.3, 0.4) is 0 Å². The third-order valence-corrected chi connectivity index (χ3v) is 5.94. The summed E-state index contributed by atoms with van der Waals surface area (Å²) >= 11 is 5.52. The second-order valence-corrected chi connectivity index (χ2v) is 9.58. The van der Waals surface area contributed by atoms with Gasteiger partial charge in [0.15, 0.2) is 5.11 Å². The smallest absolute Gasteiger partial charge is 0.223 e. The monoisotopic (exact) mass is 473 g/mol. The van der Waals surface area contributed by atoms with Gasteiger partial charge in [-0.05, 0) is 18.3 Å². The van der Waals surface area contributed by atoms with Gasteiger partial charge in [0, 0.05) is 35.5 Å². The highest BCUT2D eigenvalue weighted by Gasteiger charge is 2.48. The number of nitrogens with one attached hydrogen (secondary N) is 3. The minimum absolute atomic E-state index is 0.0406. The van der Waals surface area contributed by atoms with Crippen molar-refractivity contribution in [1.82, 2.24) is 15.3 Å². The van der Waals surface area contributed by atoms with E-state index in [1.165, 1.54) is 0 Å². The van der Waals surface area contributed by atoms with Gasteiger partial charge in [-0.1, -0.05) is 20.8 Å². The summed E-state index contributed by atoms with van der Waals surface area (Å²) in [5.41, 5.74) is 1.69. The molecule has 0 unspecified atom stereocenters. The zero-order valence-corrected chi connectivity index (χ0v) is 20.4. The van der Waals surface area contributed by atoms with E-state index >= 15 is 0 Å². The number of hydrogen-bond acceptors (Lipinski definition) is 8. The minimum atomic E-state index is -0.132. The van der Waals surface area contributed by atoms with Gasteiger partial charge in [0.05, 0.1) is 45.2 Å². The number of aromatic nitrogens is 2. The third-order valence-electron chi connectivity index (χ3n) is 5.72. The number of anilines is 2. The van der Waals surface area contributed by atoms with Crippen LogP contribution in [0.5, 0.6) is 11.5 Å². The first-order valence-electron chi connectivity index (χ1n) is 10.9. The highest BCUT2D eigenvalue weighted by molar-refractivity contribution is 7.80. The van der Waals surface area contributed by atoms with Crippen molar-refractivity contribution in [2.45, 2.75) is 50.5 Å². The summed E-state index contributed by atoms with van der Waals surface area (Å²) in [6.45, 7) is 7.37. The van der Waals surface area contributed by atoms with E-state index in [2.05, 4.69) is 46.7 Å². The molecule has 1 aromatic carbocycles. The van der Waals surface area contributed by atoms with Crippen molar-refractivity contribution < 1.29 is 18.9 Å². The van der Waals surface area contributed by atoms with Crippen LogP contribution in [0.15, 0.2) is 30.5 Å². The molecule has 2 aliphatic heterocycles. The van der Waals surface area contributed by atoms with Crippen LogP contribution in [-0.2, 0) is 14.9 Å². The second-order valence-electron chi connectivity index (χ2n) is 9.17. The minimum Gasteiger partial charge on any atom is -0.497 e. The number of nitrogens with zero attached hydrogens (tertiary/aromatic N) is 2. The van der Waals surface area contributed by atoms with Crippen LogP contribution in [0.1, 0.15) is 26.5 Å². The molecule has 0 saturated carbocycles. The fourth-order valence-electron chi connectivity index (χ4n) is 3.97.